The standard InChI is InChI=1S/C34H48N8O19S5.2Na/c43-22(6-2-1-5-19-28-18(17-62-19)38-34(53)40-28)35-12-14-64-63-13-9-23(44)39-29(30(49)36-10-3-7-26(47)60-41-24(45)15-20(32(41)51)65(54,55)56)31(50)37-11-4-8-27(48)61-42-25(46)16-21(33(42)52)66(57,58)59;;/h18-21,28-29H,1-17H2,(H,35,43)(H,36,49)(H,37,50)(H,39,44)(H2,38,40,53)(H,54,55,56)(H,57,58,59);;/q;2*+1/p-2/t18-,19-,20?,21?,28-,29?;;/m0../s1. The number of nitrogens with one attached hydrogen (secondary N) is 6. The van der Waals surface area contributed by atoms with Crippen LogP contribution in [0.5, 0.6) is 0 Å². The van der Waals surface area contributed by atoms with Gasteiger partial charge >= 0.3 is 77.1 Å². The number of carbonyl (C=O) groups excluding carboxylic acids is 11. The van der Waals surface area contributed by atoms with Gasteiger partial charge in [-0.15, -0.1) is 10.1 Å². The van der Waals surface area contributed by atoms with E-state index in [0.29, 0.717) is 30.4 Å². The first-order chi connectivity index (χ1) is 31.1. The first kappa shape index (κ1) is 61.4. The summed E-state index contributed by atoms with van der Waals surface area (Å²) < 4.78 is 67.2. The number of fused-ring (bicyclic) bond motifs is 1. The van der Waals surface area contributed by atoms with Crippen LogP contribution in [0.2, 0.25) is 0 Å². The number of thioether (sulfide) groups is 1. The molecule has 2 unspecified atom stereocenters. The Morgan fingerprint density at radius 1 is 0.676 bits per heavy atom. The van der Waals surface area contributed by atoms with Crippen LogP contribution < -0.4 is 91.0 Å². The Bertz CT molecular complexity index is 2060. The van der Waals surface area contributed by atoms with E-state index in [1.807, 2.05) is 0 Å². The molecule has 4 saturated heterocycles. The molecular weight excluding hydrogens is 1030 g/mol. The Morgan fingerprint density at radius 2 is 1.19 bits per heavy atom. The predicted molar refractivity (Wildman–Crippen MR) is 225 cm³/mol. The van der Waals surface area contributed by atoms with Gasteiger partial charge in [0.2, 0.25) is 11.8 Å². The van der Waals surface area contributed by atoms with Crippen molar-refractivity contribution in [2.75, 3.05) is 36.9 Å². The third-order valence-corrected chi connectivity index (χ3v) is 15.9. The Hall–Kier alpha value is -2.76. The fourth-order valence-corrected chi connectivity index (χ4v) is 11.3. The number of unbranched alkanes of at least 4 members (excludes halogenated alkanes) is 1. The molecule has 0 radical (unpaired) electrons. The van der Waals surface area contributed by atoms with E-state index >= 15 is 0 Å². The normalized spacial score (nSPS) is 21.4. The van der Waals surface area contributed by atoms with Crippen molar-refractivity contribution in [3.8, 4) is 0 Å². The molecule has 4 fully saturated rings. The van der Waals surface area contributed by atoms with Crippen LogP contribution in [0.15, 0.2) is 0 Å². The minimum absolute atomic E-state index is 0. The Kier molecular flexibility index (Phi) is 26.1. The van der Waals surface area contributed by atoms with Gasteiger partial charge in [-0.3, -0.25) is 38.4 Å². The number of rotatable bonds is 27. The van der Waals surface area contributed by atoms with E-state index in [-0.39, 0.29) is 131 Å². The van der Waals surface area contributed by atoms with Crippen LogP contribution in [-0.4, -0.2) is 172 Å². The molecule has 68 heavy (non-hydrogen) atoms. The van der Waals surface area contributed by atoms with E-state index in [2.05, 4.69) is 41.6 Å². The van der Waals surface area contributed by atoms with Crippen LogP contribution in [0.25, 0.3) is 0 Å². The summed E-state index contributed by atoms with van der Waals surface area (Å²) in [5, 5.41) is 11.1. The van der Waals surface area contributed by atoms with Crippen LogP contribution >= 0.6 is 33.3 Å². The van der Waals surface area contributed by atoms with E-state index in [9.17, 15) is 78.7 Å². The van der Waals surface area contributed by atoms with E-state index in [4.69, 9.17) is 0 Å². The zero-order valence-corrected chi connectivity index (χ0v) is 44.8. The molecule has 4 heterocycles. The van der Waals surface area contributed by atoms with E-state index in [0.717, 1.165) is 18.6 Å². The molecule has 27 nitrogen and oxygen atoms in total. The smallest absolute Gasteiger partial charge is 0.747 e. The molecule has 4 aliphatic heterocycles. The van der Waals surface area contributed by atoms with Crippen LogP contribution in [0.1, 0.15) is 70.6 Å². The number of hydrogen-bond donors (Lipinski definition) is 6. The molecule has 0 saturated carbocycles. The van der Waals surface area contributed by atoms with E-state index in [1.165, 1.54) is 21.6 Å². The molecule has 0 aromatic rings. The van der Waals surface area contributed by atoms with Crippen LogP contribution in [0, 0.1) is 0 Å². The zero-order valence-electron chi connectivity index (χ0n) is 36.7. The van der Waals surface area contributed by atoms with Gasteiger partial charge in [0.05, 0.1) is 24.9 Å². The van der Waals surface area contributed by atoms with Crippen molar-refractivity contribution in [2.45, 2.75) is 105 Å². The van der Waals surface area contributed by atoms with Crippen LogP contribution in [0.4, 0.5) is 4.79 Å². The second-order valence-electron chi connectivity index (χ2n) is 14.8. The molecular formula is C34H46N8Na2O19S5. The summed E-state index contributed by atoms with van der Waals surface area (Å²) in [6, 6.07) is -1.78. The first-order valence-corrected chi connectivity index (χ1v) is 26.6. The maximum absolute atomic E-state index is 13.1. The van der Waals surface area contributed by atoms with Gasteiger partial charge < -0.3 is 50.7 Å². The topological polar surface area (TPSA) is 399 Å². The Balaban J connectivity index is 0.00000793. The van der Waals surface area contributed by atoms with Gasteiger partial charge in [-0.2, -0.15) is 11.8 Å². The molecule has 368 valence electrons. The molecule has 6 N–H and O–H groups in total. The summed E-state index contributed by atoms with van der Waals surface area (Å²) in [7, 11) is -7.78. The number of nitrogens with zero attached hydrogens (tertiary/aromatic N) is 2. The van der Waals surface area contributed by atoms with E-state index < -0.39 is 116 Å². The molecule has 0 aromatic heterocycles. The van der Waals surface area contributed by atoms with Crippen molar-refractivity contribution in [1.82, 2.24) is 42.0 Å². The monoisotopic (exact) mass is 1080 g/mol. The van der Waals surface area contributed by atoms with Gasteiger partial charge in [0.25, 0.3) is 35.4 Å². The van der Waals surface area contributed by atoms with Gasteiger partial charge in [-0.25, -0.2) is 31.2 Å². The van der Waals surface area contributed by atoms with Crippen LogP contribution in [-0.2, 0) is 77.9 Å². The zero-order chi connectivity index (χ0) is 48.8. The number of hydroxylamine groups is 4. The van der Waals surface area contributed by atoms with Crippen molar-refractivity contribution in [2.24, 2.45) is 0 Å². The second kappa shape index (κ2) is 28.9. The van der Waals surface area contributed by atoms with Crippen LogP contribution in [0.3, 0.4) is 0 Å². The molecule has 4 rings (SSSR count). The van der Waals surface area contributed by atoms with Gasteiger partial charge in [0, 0.05) is 67.8 Å². The fourth-order valence-electron chi connectivity index (χ4n) is 6.53. The number of amides is 10. The average molecular weight is 1080 g/mol. The third kappa shape index (κ3) is 19.1. The molecule has 4 aliphatic rings. The summed E-state index contributed by atoms with van der Waals surface area (Å²) in [5.74, 6) is -9.42. The van der Waals surface area contributed by atoms with Crippen molar-refractivity contribution >= 4 is 119 Å². The van der Waals surface area contributed by atoms with Crippen molar-refractivity contribution < 1.29 is 147 Å². The Labute approximate surface area is 445 Å². The summed E-state index contributed by atoms with van der Waals surface area (Å²) in [6.45, 7) is -0.324. The minimum Gasteiger partial charge on any atom is -0.747 e. The van der Waals surface area contributed by atoms with E-state index in [1.54, 1.807) is 11.8 Å². The predicted octanol–water partition coefficient (Wildman–Crippen LogP) is -9.85. The molecule has 34 heteroatoms. The number of urea groups is 1. The minimum atomic E-state index is -5.21. The molecule has 0 aromatic carbocycles. The molecule has 0 spiro atoms. The maximum Gasteiger partial charge on any atom is 1.00 e. The molecule has 5 atom stereocenters. The van der Waals surface area contributed by atoms with Crippen molar-refractivity contribution in [1.29, 1.82) is 0 Å². The fraction of sp³-hybridized carbons (Fsp3) is 0.676. The second-order valence-corrected chi connectivity index (χ2v) is 21.8. The summed E-state index contributed by atoms with van der Waals surface area (Å²) in [6.07, 6.45) is -1.03. The quantitative estimate of drug-likeness (QED) is 0.00846. The third-order valence-electron chi connectivity index (χ3n) is 9.83. The average Bonchev–Trinajstić information content (AvgIpc) is 3.96. The molecule has 10 amide bonds. The summed E-state index contributed by atoms with van der Waals surface area (Å²) >= 11 is 1.81. The SMILES string of the molecule is O=C(CCCC[C@@H]1SC[C@@H]2NC(=O)N[C@@H]21)NCCSSCCC(=O)NC(C(=O)NCCCC(=O)ON1C(=O)CC(S(=O)(=O)[O-])C1=O)C(=O)NCCCC(=O)ON1C(=O)CC(S(=O)(=O)[O-])C1=O.[Na+].[Na+]. The maximum atomic E-state index is 13.1. The van der Waals surface area contributed by atoms with Crippen molar-refractivity contribution in [3.05, 3.63) is 0 Å². The largest absolute Gasteiger partial charge is 1.00 e. The number of imide groups is 2. The van der Waals surface area contributed by atoms with Gasteiger partial charge in [0.1, 0.15) is 30.7 Å². The molecule has 0 bridgehead atoms. The Morgan fingerprint density at radius 3 is 1.69 bits per heavy atom. The summed E-state index contributed by atoms with van der Waals surface area (Å²) in [4.78, 5) is 144. The number of carbonyl (C=O) groups is 11. The van der Waals surface area contributed by atoms with Gasteiger partial charge in [0.15, 0.2) is 6.04 Å². The van der Waals surface area contributed by atoms with Gasteiger partial charge in [-0.1, -0.05) is 28.0 Å². The number of hydrogen-bond acceptors (Lipinski definition) is 22. The van der Waals surface area contributed by atoms with Gasteiger partial charge in [-0.05, 0) is 25.7 Å². The molecule has 0 aliphatic carbocycles. The first-order valence-electron chi connectivity index (χ1n) is 20.2. The summed E-state index contributed by atoms with van der Waals surface area (Å²) in [5.41, 5.74) is 0. The van der Waals surface area contributed by atoms with Crippen molar-refractivity contribution in [3.63, 3.8) is 0 Å².